The maximum atomic E-state index is 11.2. The Morgan fingerprint density at radius 3 is 2.81 bits per heavy atom. The summed E-state index contributed by atoms with van der Waals surface area (Å²) in [6.07, 6.45) is 3.37. The van der Waals surface area contributed by atoms with Gasteiger partial charge >= 0.3 is 5.97 Å². The quantitative estimate of drug-likeness (QED) is 0.794. The molecule has 0 bridgehead atoms. The molecule has 0 aliphatic carbocycles. The standard InChI is InChI=1S/C15H13N3O3/c1-21-13-6-5-10(7-16-13)8-18-9-17-14-11(15(19)20)3-2-4-12(14)18/h2-7,9H,8H2,1H3,(H,19,20). The van der Waals surface area contributed by atoms with Gasteiger partial charge in [0.15, 0.2) is 0 Å². The molecule has 3 rings (SSSR count). The molecule has 2 aromatic heterocycles. The SMILES string of the molecule is COc1ccc(Cn2cnc3c(C(=O)O)cccc32)cn1. The van der Waals surface area contributed by atoms with Crippen molar-refractivity contribution in [2.24, 2.45) is 0 Å². The Morgan fingerprint density at radius 1 is 1.29 bits per heavy atom. The Hall–Kier alpha value is -2.89. The smallest absolute Gasteiger partial charge is 0.337 e. The predicted molar refractivity (Wildman–Crippen MR) is 76.6 cm³/mol. The number of imidazole rings is 1. The Kier molecular flexibility index (Phi) is 3.27. The van der Waals surface area contributed by atoms with Crippen LogP contribution in [-0.4, -0.2) is 32.7 Å². The van der Waals surface area contributed by atoms with Crippen LogP contribution in [0.2, 0.25) is 0 Å². The second kappa shape index (κ2) is 5.24. The molecule has 6 nitrogen and oxygen atoms in total. The Balaban J connectivity index is 1.97. The average Bonchev–Trinajstić information content (AvgIpc) is 2.91. The molecule has 0 radical (unpaired) electrons. The van der Waals surface area contributed by atoms with Crippen molar-refractivity contribution in [3.8, 4) is 5.88 Å². The number of hydrogen-bond acceptors (Lipinski definition) is 4. The Labute approximate surface area is 120 Å². The number of rotatable bonds is 4. The third kappa shape index (κ3) is 2.43. The molecule has 0 aliphatic heterocycles. The minimum absolute atomic E-state index is 0.208. The number of ether oxygens (including phenoxy) is 1. The molecule has 0 saturated heterocycles. The largest absolute Gasteiger partial charge is 0.481 e. The van der Waals surface area contributed by atoms with Gasteiger partial charge < -0.3 is 14.4 Å². The van der Waals surface area contributed by atoms with Crippen molar-refractivity contribution in [3.05, 3.63) is 54.0 Å². The molecule has 3 aromatic rings. The van der Waals surface area contributed by atoms with Crippen molar-refractivity contribution in [2.45, 2.75) is 6.54 Å². The second-order valence-electron chi connectivity index (χ2n) is 4.56. The number of carboxylic acids is 1. The zero-order valence-corrected chi connectivity index (χ0v) is 11.4. The second-order valence-corrected chi connectivity index (χ2v) is 4.56. The number of carboxylic acid groups (broad SMARTS) is 1. The lowest BCUT2D eigenvalue weighted by molar-refractivity contribution is 0.0699. The molecule has 0 unspecified atom stereocenters. The maximum Gasteiger partial charge on any atom is 0.337 e. The number of nitrogens with zero attached hydrogens (tertiary/aromatic N) is 3. The van der Waals surface area contributed by atoms with Crippen LogP contribution in [0.15, 0.2) is 42.9 Å². The molecule has 6 heteroatoms. The first-order valence-corrected chi connectivity index (χ1v) is 6.35. The van der Waals surface area contributed by atoms with Gasteiger partial charge in [-0.15, -0.1) is 0 Å². The third-order valence-electron chi connectivity index (χ3n) is 3.24. The number of carbonyl (C=O) groups is 1. The third-order valence-corrected chi connectivity index (χ3v) is 3.24. The van der Waals surface area contributed by atoms with Crippen LogP contribution >= 0.6 is 0 Å². The molecule has 1 aromatic carbocycles. The number of aromatic nitrogens is 3. The normalized spacial score (nSPS) is 10.7. The van der Waals surface area contributed by atoms with Crippen LogP contribution in [0.1, 0.15) is 15.9 Å². The van der Waals surface area contributed by atoms with Crippen LogP contribution in [0.5, 0.6) is 5.88 Å². The summed E-state index contributed by atoms with van der Waals surface area (Å²) in [6.45, 7) is 0.566. The zero-order valence-electron chi connectivity index (χ0n) is 11.4. The van der Waals surface area contributed by atoms with E-state index >= 15 is 0 Å². The first-order valence-electron chi connectivity index (χ1n) is 6.35. The van der Waals surface area contributed by atoms with E-state index in [2.05, 4.69) is 9.97 Å². The number of methoxy groups -OCH3 is 1. The minimum Gasteiger partial charge on any atom is -0.481 e. The molecular weight excluding hydrogens is 270 g/mol. The topological polar surface area (TPSA) is 77.2 Å². The van der Waals surface area contributed by atoms with Crippen LogP contribution in [0.3, 0.4) is 0 Å². The van der Waals surface area contributed by atoms with E-state index in [0.29, 0.717) is 17.9 Å². The summed E-state index contributed by atoms with van der Waals surface area (Å²) in [5.41, 5.74) is 2.46. The van der Waals surface area contributed by atoms with Gasteiger partial charge in [0.2, 0.25) is 5.88 Å². The van der Waals surface area contributed by atoms with E-state index in [1.165, 1.54) is 0 Å². The highest BCUT2D eigenvalue weighted by Gasteiger charge is 2.12. The first-order chi connectivity index (χ1) is 10.2. The fourth-order valence-corrected chi connectivity index (χ4v) is 2.21. The van der Waals surface area contributed by atoms with E-state index in [0.717, 1.165) is 11.1 Å². The molecule has 0 spiro atoms. The number of pyridine rings is 1. The van der Waals surface area contributed by atoms with Crippen LogP contribution < -0.4 is 4.74 Å². The van der Waals surface area contributed by atoms with E-state index in [1.807, 2.05) is 16.7 Å². The molecule has 1 N–H and O–H groups in total. The van der Waals surface area contributed by atoms with E-state index in [-0.39, 0.29) is 5.56 Å². The summed E-state index contributed by atoms with van der Waals surface area (Å²) in [5.74, 6) is -0.417. The molecular formula is C15H13N3O3. The van der Waals surface area contributed by atoms with Crippen molar-refractivity contribution in [1.29, 1.82) is 0 Å². The summed E-state index contributed by atoms with van der Waals surface area (Å²) in [5, 5.41) is 9.17. The molecule has 0 amide bonds. The van der Waals surface area contributed by atoms with Gasteiger partial charge in [-0.1, -0.05) is 12.1 Å². The summed E-state index contributed by atoms with van der Waals surface area (Å²) in [4.78, 5) is 19.5. The summed E-state index contributed by atoms with van der Waals surface area (Å²) < 4.78 is 6.92. The average molecular weight is 283 g/mol. The van der Waals surface area contributed by atoms with E-state index < -0.39 is 5.97 Å². The van der Waals surface area contributed by atoms with Crippen LogP contribution in [-0.2, 0) is 6.54 Å². The van der Waals surface area contributed by atoms with Crippen molar-refractivity contribution in [2.75, 3.05) is 7.11 Å². The van der Waals surface area contributed by atoms with Crippen molar-refractivity contribution < 1.29 is 14.6 Å². The Bertz CT molecular complexity index is 794. The predicted octanol–water partition coefficient (Wildman–Crippen LogP) is 2.19. The fraction of sp³-hybridized carbons (Fsp3) is 0.133. The van der Waals surface area contributed by atoms with Crippen LogP contribution in [0.25, 0.3) is 11.0 Å². The van der Waals surface area contributed by atoms with Crippen LogP contribution in [0.4, 0.5) is 0 Å². The molecule has 2 heterocycles. The maximum absolute atomic E-state index is 11.2. The number of hydrogen-bond donors (Lipinski definition) is 1. The van der Waals surface area contributed by atoms with E-state index in [1.54, 1.807) is 37.8 Å². The lowest BCUT2D eigenvalue weighted by Crippen LogP contribution is -2.00. The number of para-hydroxylation sites is 1. The number of benzene rings is 1. The van der Waals surface area contributed by atoms with Crippen molar-refractivity contribution >= 4 is 17.0 Å². The summed E-state index contributed by atoms with van der Waals surface area (Å²) in [7, 11) is 1.57. The van der Waals surface area contributed by atoms with Gasteiger partial charge in [0.25, 0.3) is 0 Å². The molecule has 0 saturated carbocycles. The van der Waals surface area contributed by atoms with Gasteiger partial charge in [-0.25, -0.2) is 14.8 Å². The molecule has 0 fully saturated rings. The highest BCUT2D eigenvalue weighted by atomic mass is 16.5. The van der Waals surface area contributed by atoms with Gasteiger partial charge in [-0.2, -0.15) is 0 Å². The molecule has 0 atom stereocenters. The first kappa shape index (κ1) is 13.1. The number of aromatic carboxylic acids is 1. The fourth-order valence-electron chi connectivity index (χ4n) is 2.21. The lowest BCUT2D eigenvalue weighted by atomic mass is 10.2. The lowest BCUT2D eigenvalue weighted by Gasteiger charge is -2.05. The highest BCUT2D eigenvalue weighted by Crippen LogP contribution is 2.19. The van der Waals surface area contributed by atoms with Gasteiger partial charge in [0.05, 0.1) is 31.1 Å². The van der Waals surface area contributed by atoms with Gasteiger partial charge in [0.1, 0.15) is 5.52 Å². The van der Waals surface area contributed by atoms with E-state index in [4.69, 9.17) is 9.84 Å². The molecule has 0 aliphatic rings. The van der Waals surface area contributed by atoms with Crippen LogP contribution in [0, 0.1) is 0 Å². The van der Waals surface area contributed by atoms with E-state index in [9.17, 15) is 4.79 Å². The van der Waals surface area contributed by atoms with Gasteiger partial charge in [-0.3, -0.25) is 0 Å². The Morgan fingerprint density at radius 2 is 2.14 bits per heavy atom. The zero-order chi connectivity index (χ0) is 14.8. The summed E-state index contributed by atoms with van der Waals surface area (Å²) in [6, 6.07) is 8.83. The summed E-state index contributed by atoms with van der Waals surface area (Å²) >= 11 is 0. The van der Waals surface area contributed by atoms with Gasteiger partial charge in [0, 0.05) is 12.3 Å². The minimum atomic E-state index is -0.975. The number of fused-ring (bicyclic) bond motifs is 1. The molecule has 106 valence electrons. The monoisotopic (exact) mass is 283 g/mol. The molecule has 21 heavy (non-hydrogen) atoms. The van der Waals surface area contributed by atoms with Crippen molar-refractivity contribution in [3.63, 3.8) is 0 Å². The highest BCUT2D eigenvalue weighted by molar-refractivity contribution is 6.00. The van der Waals surface area contributed by atoms with Crippen molar-refractivity contribution in [1.82, 2.24) is 14.5 Å². The van der Waals surface area contributed by atoms with Gasteiger partial charge in [-0.05, 0) is 17.7 Å².